The monoisotopic (exact) mass is 596 g/mol. The van der Waals surface area contributed by atoms with Gasteiger partial charge >= 0.3 is 5.97 Å². The molecule has 1 amide bonds. The number of nitrogens with zero attached hydrogens (tertiary/aromatic N) is 2. The summed E-state index contributed by atoms with van der Waals surface area (Å²) in [5, 5.41) is 16.4. The van der Waals surface area contributed by atoms with Gasteiger partial charge in [-0.2, -0.15) is 5.10 Å². The van der Waals surface area contributed by atoms with Crippen LogP contribution in [0.1, 0.15) is 38.9 Å². The maximum Gasteiger partial charge on any atom is 0.343 e. The number of benzene rings is 4. The van der Waals surface area contributed by atoms with Gasteiger partial charge in [0.25, 0.3) is 11.6 Å². The van der Waals surface area contributed by atoms with Crippen molar-refractivity contribution in [2.24, 2.45) is 5.10 Å². The van der Waals surface area contributed by atoms with E-state index in [4.69, 9.17) is 21.1 Å². The highest BCUT2D eigenvalue weighted by Gasteiger charge is 2.21. The van der Waals surface area contributed by atoms with Crippen molar-refractivity contribution in [1.82, 2.24) is 10.4 Å². The molecular weight excluding hydrogens is 572 g/mol. The number of nitrogens with one attached hydrogen (secondary N) is 2. The number of carbonyl (C=O) groups excluding carboxylic acids is 2. The number of esters is 1. The Morgan fingerprint density at radius 1 is 1.02 bits per heavy atom. The van der Waals surface area contributed by atoms with Crippen LogP contribution in [0.25, 0.3) is 22.0 Å². The molecule has 43 heavy (non-hydrogen) atoms. The molecular formula is C32H25ClN4O6. The van der Waals surface area contributed by atoms with Crippen molar-refractivity contribution in [3.05, 3.63) is 122 Å². The number of rotatable bonds is 9. The topological polar surface area (TPSA) is 136 Å². The molecule has 0 bridgehead atoms. The normalized spacial score (nSPS) is 11.0. The third-order valence-corrected chi connectivity index (χ3v) is 6.91. The van der Waals surface area contributed by atoms with E-state index in [-0.39, 0.29) is 22.7 Å². The van der Waals surface area contributed by atoms with E-state index in [1.165, 1.54) is 36.5 Å². The van der Waals surface area contributed by atoms with Crippen LogP contribution >= 0.6 is 11.6 Å². The maximum absolute atomic E-state index is 13.3. The summed E-state index contributed by atoms with van der Waals surface area (Å²) in [6.07, 6.45) is 1.44. The Labute approximate surface area is 251 Å². The van der Waals surface area contributed by atoms with Crippen LogP contribution in [0.3, 0.4) is 0 Å². The number of aromatic nitrogens is 1. The fourth-order valence-electron chi connectivity index (χ4n) is 4.54. The van der Waals surface area contributed by atoms with E-state index in [9.17, 15) is 19.7 Å². The Hall–Kier alpha value is -5.48. The summed E-state index contributed by atoms with van der Waals surface area (Å²) in [4.78, 5) is 39.5. The first-order valence-corrected chi connectivity index (χ1v) is 13.6. The summed E-state index contributed by atoms with van der Waals surface area (Å²) in [6, 6.07) is 23.0. The fourth-order valence-corrected chi connectivity index (χ4v) is 4.77. The third-order valence-electron chi connectivity index (χ3n) is 6.58. The number of hydrazone groups is 1. The minimum Gasteiger partial charge on any atom is -0.490 e. The van der Waals surface area contributed by atoms with Crippen LogP contribution in [0.2, 0.25) is 5.02 Å². The molecule has 0 unspecified atom stereocenters. The van der Waals surface area contributed by atoms with Crippen LogP contribution in [-0.2, 0) is 0 Å². The van der Waals surface area contributed by atoms with Gasteiger partial charge < -0.3 is 14.5 Å². The van der Waals surface area contributed by atoms with Gasteiger partial charge in [0, 0.05) is 39.2 Å². The van der Waals surface area contributed by atoms with Crippen LogP contribution < -0.4 is 14.9 Å². The van der Waals surface area contributed by atoms with Crippen molar-refractivity contribution in [2.45, 2.75) is 13.8 Å². The number of aromatic amines is 1. The molecule has 10 nitrogen and oxygen atoms in total. The van der Waals surface area contributed by atoms with Crippen LogP contribution in [0.15, 0.2) is 90.0 Å². The Morgan fingerprint density at radius 3 is 2.51 bits per heavy atom. The van der Waals surface area contributed by atoms with Crippen molar-refractivity contribution in [1.29, 1.82) is 0 Å². The fraction of sp³-hybridized carbons (Fsp3) is 0.0938. The largest absolute Gasteiger partial charge is 0.490 e. The molecule has 0 aliphatic rings. The Bertz CT molecular complexity index is 1880. The Kier molecular flexibility index (Phi) is 8.49. The first kappa shape index (κ1) is 29.0. The summed E-state index contributed by atoms with van der Waals surface area (Å²) in [5.41, 5.74) is 6.66. The van der Waals surface area contributed by atoms with Crippen LogP contribution in [0.5, 0.6) is 11.5 Å². The zero-order valence-corrected chi connectivity index (χ0v) is 23.8. The molecule has 0 atom stereocenters. The SMILES string of the molecule is CCOc1cc(C=NNC(=O)c2[nH]c3c(C)cccc3c2-c2ccccc2Cl)ccc1OC(=O)c1ccc([N+](=O)[O-])cc1. The number of carbonyl (C=O) groups is 2. The molecule has 0 spiro atoms. The van der Waals surface area contributed by atoms with Crippen molar-refractivity contribution >= 4 is 46.3 Å². The second kappa shape index (κ2) is 12.6. The smallest absolute Gasteiger partial charge is 0.343 e. The summed E-state index contributed by atoms with van der Waals surface area (Å²) in [5.74, 6) is -0.725. The van der Waals surface area contributed by atoms with Gasteiger partial charge in [0.2, 0.25) is 0 Å². The van der Waals surface area contributed by atoms with E-state index in [2.05, 4.69) is 15.5 Å². The Morgan fingerprint density at radius 2 is 1.79 bits per heavy atom. The summed E-state index contributed by atoms with van der Waals surface area (Å²) in [6.45, 7) is 4.03. The van der Waals surface area contributed by atoms with Crippen molar-refractivity contribution in [3.8, 4) is 22.6 Å². The maximum atomic E-state index is 13.3. The van der Waals surface area contributed by atoms with E-state index in [0.717, 1.165) is 22.0 Å². The molecule has 2 N–H and O–H groups in total. The second-order valence-electron chi connectivity index (χ2n) is 9.38. The molecule has 0 aliphatic carbocycles. The zero-order chi connectivity index (χ0) is 30.5. The van der Waals surface area contributed by atoms with Gasteiger partial charge in [-0.15, -0.1) is 0 Å². The van der Waals surface area contributed by atoms with Gasteiger partial charge in [-0.05, 0) is 61.4 Å². The average Bonchev–Trinajstić information content (AvgIpc) is 3.39. The number of amides is 1. The van der Waals surface area contributed by atoms with Gasteiger partial charge in [-0.1, -0.05) is 48.0 Å². The Balaban J connectivity index is 1.36. The van der Waals surface area contributed by atoms with Crippen molar-refractivity contribution < 1.29 is 24.0 Å². The molecule has 1 aromatic heterocycles. The molecule has 4 aromatic carbocycles. The minimum atomic E-state index is -0.701. The lowest BCUT2D eigenvalue weighted by atomic mass is 10.0. The number of hydrogen-bond donors (Lipinski definition) is 2. The van der Waals surface area contributed by atoms with Crippen molar-refractivity contribution in [3.63, 3.8) is 0 Å². The molecule has 1 heterocycles. The van der Waals surface area contributed by atoms with Crippen LogP contribution in [0, 0.1) is 17.0 Å². The molecule has 0 saturated carbocycles. The van der Waals surface area contributed by atoms with Gasteiger partial charge in [0.15, 0.2) is 11.5 Å². The van der Waals surface area contributed by atoms with E-state index in [0.29, 0.717) is 28.5 Å². The number of aryl methyl sites for hydroxylation is 1. The minimum absolute atomic E-state index is 0.137. The first-order valence-electron chi connectivity index (χ1n) is 13.2. The number of H-pyrrole nitrogens is 1. The number of ether oxygens (including phenoxy) is 2. The molecule has 5 rings (SSSR count). The molecule has 0 aliphatic heterocycles. The summed E-state index contributed by atoms with van der Waals surface area (Å²) >= 11 is 6.51. The lowest BCUT2D eigenvalue weighted by Crippen LogP contribution is -2.19. The van der Waals surface area contributed by atoms with Gasteiger partial charge in [0.1, 0.15) is 5.69 Å². The average molecular weight is 597 g/mol. The first-order chi connectivity index (χ1) is 20.8. The lowest BCUT2D eigenvalue weighted by molar-refractivity contribution is -0.384. The molecule has 0 radical (unpaired) electrons. The molecule has 0 fully saturated rings. The number of nitro benzene ring substituents is 1. The number of halogens is 1. The van der Waals surface area contributed by atoms with E-state index in [1.807, 2.05) is 43.3 Å². The number of hydrogen-bond acceptors (Lipinski definition) is 7. The van der Waals surface area contributed by atoms with E-state index in [1.54, 1.807) is 25.1 Å². The number of fused-ring (bicyclic) bond motifs is 1. The summed E-state index contributed by atoms with van der Waals surface area (Å²) < 4.78 is 11.1. The molecule has 11 heteroatoms. The van der Waals surface area contributed by atoms with Crippen LogP contribution in [0.4, 0.5) is 5.69 Å². The number of para-hydroxylation sites is 1. The highest BCUT2D eigenvalue weighted by molar-refractivity contribution is 6.34. The third kappa shape index (κ3) is 6.24. The zero-order valence-electron chi connectivity index (χ0n) is 23.1. The predicted octanol–water partition coefficient (Wildman–Crippen LogP) is 7.09. The second-order valence-corrected chi connectivity index (χ2v) is 9.79. The van der Waals surface area contributed by atoms with Crippen molar-refractivity contribution in [2.75, 3.05) is 6.61 Å². The molecule has 5 aromatic rings. The van der Waals surface area contributed by atoms with Crippen LogP contribution in [-0.4, -0.2) is 34.6 Å². The van der Waals surface area contributed by atoms with E-state index < -0.39 is 16.8 Å². The van der Waals surface area contributed by atoms with Gasteiger partial charge in [-0.25, -0.2) is 10.2 Å². The standard InChI is InChI=1S/C32H25ClN4O6/c1-3-42-27-17-20(11-16-26(27)43-32(39)21-12-14-22(15-13-21)37(40)41)18-34-36-31(38)30-28(23-8-4-5-10-25(23)33)24-9-6-7-19(2)29(24)35-30/h4-18,35H,3H2,1-2H3,(H,36,38). The number of nitro groups is 1. The quantitative estimate of drug-likeness (QED) is 0.0613. The highest BCUT2D eigenvalue weighted by Crippen LogP contribution is 2.37. The predicted molar refractivity (Wildman–Crippen MR) is 164 cm³/mol. The molecule has 0 saturated heterocycles. The lowest BCUT2D eigenvalue weighted by Gasteiger charge is -2.11. The summed E-state index contributed by atoms with van der Waals surface area (Å²) in [7, 11) is 0. The van der Waals surface area contributed by atoms with Gasteiger partial charge in [-0.3, -0.25) is 14.9 Å². The van der Waals surface area contributed by atoms with E-state index >= 15 is 0 Å². The number of non-ortho nitro benzene ring substituents is 1. The molecule has 216 valence electrons. The highest BCUT2D eigenvalue weighted by atomic mass is 35.5. The van der Waals surface area contributed by atoms with Gasteiger partial charge in [0.05, 0.1) is 23.3 Å².